The van der Waals surface area contributed by atoms with E-state index in [1.165, 1.54) is 37.3 Å². The summed E-state index contributed by atoms with van der Waals surface area (Å²) in [4.78, 5) is 16.8. The minimum absolute atomic E-state index is 0.0270. The van der Waals surface area contributed by atoms with Gasteiger partial charge in [0.25, 0.3) is 5.91 Å². The zero-order valence-corrected chi connectivity index (χ0v) is 22.1. The first-order chi connectivity index (χ1) is 16.8. The Labute approximate surface area is 215 Å². The third kappa shape index (κ3) is 7.21. The maximum absolute atomic E-state index is 13.9. The molecule has 198 valence electrons. The lowest BCUT2D eigenvalue weighted by molar-refractivity contribution is -0.138. The van der Waals surface area contributed by atoms with Crippen LogP contribution in [0.5, 0.6) is 0 Å². The van der Waals surface area contributed by atoms with Gasteiger partial charge in [0.1, 0.15) is 0 Å². The molecular formula is C25H31ClF3N3O3S. The molecule has 2 aromatic carbocycles. The van der Waals surface area contributed by atoms with Gasteiger partial charge in [0.2, 0.25) is 0 Å². The van der Waals surface area contributed by atoms with Gasteiger partial charge in [-0.2, -0.15) is 13.2 Å². The van der Waals surface area contributed by atoms with Crippen molar-refractivity contribution in [3.63, 3.8) is 0 Å². The minimum atomic E-state index is -4.62. The number of nitrogens with zero attached hydrogens (tertiary/aromatic N) is 2. The van der Waals surface area contributed by atoms with E-state index in [9.17, 15) is 26.4 Å². The van der Waals surface area contributed by atoms with Gasteiger partial charge in [-0.1, -0.05) is 24.6 Å². The van der Waals surface area contributed by atoms with Crippen LogP contribution in [-0.4, -0.2) is 63.6 Å². The summed E-state index contributed by atoms with van der Waals surface area (Å²) in [5.41, 5.74) is -0.606. The van der Waals surface area contributed by atoms with Crippen LogP contribution in [0, 0.1) is 5.92 Å². The summed E-state index contributed by atoms with van der Waals surface area (Å²) in [6, 6.07) is 7.81. The molecule has 2 aromatic rings. The van der Waals surface area contributed by atoms with Crippen LogP contribution in [0.15, 0.2) is 41.3 Å². The van der Waals surface area contributed by atoms with Crippen molar-refractivity contribution in [2.75, 3.05) is 39.5 Å². The number of hydrogen-bond donors (Lipinski definition) is 1. The molecule has 0 aliphatic carbocycles. The molecule has 1 fully saturated rings. The van der Waals surface area contributed by atoms with Crippen molar-refractivity contribution in [3.8, 4) is 0 Å². The zero-order chi connectivity index (χ0) is 26.7. The summed E-state index contributed by atoms with van der Waals surface area (Å²) in [5.74, 6) is -0.467. The highest BCUT2D eigenvalue weighted by atomic mass is 35.5. The van der Waals surface area contributed by atoms with Crippen molar-refractivity contribution in [2.45, 2.75) is 37.5 Å². The molecule has 1 saturated heterocycles. The highest BCUT2D eigenvalue weighted by molar-refractivity contribution is 7.91. The van der Waals surface area contributed by atoms with Gasteiger partial charge in [-0.3, -0.25) is 9.69 Å². The van der Waals surface area contributed by atoms with Crippen LogP contribution >= 0.6 is 11.6 Å². The number of rotatable bonds is 9. The molecule has 1 unspecified atom stereocenters. The second-order valence-electron chi connectivity index (χ2n) is 9.36. The lowest BCUT2D eigenvalue weighted by atomic mass is 10.0. The van der Waals surface area contributed by atoms with E-state index in [2.05, 4.69) is 10.2 Å². The van der Waals surface area contributed by atoms with Crippen LogP contribution in [0.3, 0.4) is 0 Å². The molecule has 0 bridgehead atoms. The number of nitrogens with one attached hydrogen (secondary N) is 1. The Kier molecular flexibility index (Phi) is 9.08. The highest BCUT2D eigenvalue weighted by Gasteiger charge is 2.35. The van der Waals surface area contributed by atoms with E-state index in [4.69, 9.17) is 11.6 Å². The fourth-order valence-electron chi connectivity index (χ4n) is 4.50. The molecule has 1 N–H and O–H groups in total. The molecule has 1 aliphatic heterocycles. The van der Waals surface area contributed by atoms with Crippen LogP contribution in [0.2, 0.25) is 5.02 Å². The Morgan fingerprint density at radius 1 is 1.17 bits per heavy atom. The lowest BCUT2D eigenvalue weighted by Gasteiger charge is -2.21. The van der Waals surface area contributed by atoms with E-state index in [0.29, 0.717) is 5.92 Å². The number of benzene rings is 2. The highest BCUT2D eigenvalue weighted by Crippen LogP contribution is 2.34. The number of alkyl halides is 3. The number of likely N-dealkylation sites (tertiary alicyclic amines) is 1. The Morgan fingerprint density at radius 3 is 2.53 bits per heavy atom. The summed E-state index contributed by atoms with van der Waals surface area (Å²) < 4.78 is 66.4. The van der Waals surface area contributed by atoms with Crippen LogP contribution in [0.1, 0.15) is 40.4 Å². The molecule has 11 heteroatoms. The van der Waals surface area contributed by atoms with Crippen molar-refractivity contribution in [3.05, 3.63) is 63.7 Å². The molecule has 0 spiro atoms. The minimum Gasteiger partial charge on any atom is -0.348 e. The van der Waals surface area contributed by atoms with E-state index in [1.807, 2.05) is 19.0 Å². The van der Waals surface area contributed by atoms with E-state index in [1.54, 1.807) is 0 Å². The molecule has 1 atom stereocenters. The van der Waals surface area contributed by atoms with E-state index >= 15 is 0 Å². The largest absolute Gasteiger partial charge is 0.416 e. The second kappa shape index (κ2) is 11.5. The van der Waals surface area contributed by atoms with Gasteiger partial charge < -0.3 is 10.2 Å². The average molecular weight is 546 g/mol. The van der Waals surface area contributed by atoms with Crippen LogP contribution in [0.4, 0.5) is 13.2 Å². The fourth-order valence-corrected chi connectivity index (χ4v) is 5.82. The summed E-state index contributed by atoms with van der Waals surface area (Å²) in [6.07, 6.45) is -3.69. The van der Waals surface area contributed by atoms with Crippen molar-refractivity contribution >= 4 is 27.3 Å². The molecule has 1 heterocycles. The SMILES string of the molecule is CCS(=O)(=O)c1ccc(Cl)cc1CNC(=O)c1ccc(CN2CCC(CN(C)C)C2)c(C(F)(F)F)c1. The van der Waals surface area contributed by atoms with E-state index < -0.39 is 27.5 Å². The summed E-state index contributed by atoms with van der Waals surface area (Å²) in [7, 11) is 0.374. The fraction of sp³-hybridized carbons (Fsp3) is 0.480. The molecule has 0 saturated carbocycles. The second-order valence-corrected chi connectivity index (χ2v) is 12.0. The topological polar surface area (TPSA) is 69.7 Å². The summed E-state index contributed by atoms with van der Waals surface area (Å²) >= 11 is 6.00. The van der Waals surface area contributed by atoms with Gasteiger partial charge in [-0.25, -0.2) is 8.42 Å². The van der Waals surface area contributed by atoms with E-state index in [0.717, 1.165) is 32.1 Å². The zero-order valence-electron chi connectivity index (χ0n) is 20.5. The lowest BCUT2D eigenvalue weighted by Crippen LogP contribution is -2.27. The Bertz CT molecular complexity index is 1200. The maximum Gasteiger partial charge on any atom is 0.416 e. The number of carbonyl (C=O) groups is 1. The first kappa shape index (κ1) is 28.4. The molecule has 0 radical (unpaired) electrons. The Hall–Kier alpha value is -2.14. The molecular weight excluding hydrogens is 515 g/mol. The van der Waals surface area contributed by atoms with Crippen LogP contribution < -0.4 is 5.32 Å². The molecule has 3 rings (SSSR count). The smallest absolute Gasteiger partial charge is 0.348 e. The van der Waals surface area contributed by atoms with Crippen molar-refractivity contribution in [1.29, 1.82) is 0 Å². The van der Waals surface area contributed by atoms with Crippen molar-refractivity contribution in [1.82, 2.24) is 15.1 Å². The molecule has 36 heavy (non-hydrogen) atoms. The summed E-state index contributed by atoms with van der Waals surface area (Å²) in [5, 5.41) is 2.81. The maximum atomic E-state index is 13.9. The Morgan fingerprint density at radius 2 is 1.89 bits per heavy atom. The number of sulfone groups is 1. The molecule has 0 aromatic heterocycles. The van der Waals surface area contributed by atoms with E-state index in [-0.39, 0.29) is 45.5 Å². The van der Waals surface area contributed by atoms with Crippen molar-refractivity contribution in [2.24, 2.45) is 5.92 Å². The quantitative estimate of drug-likeness (QED) is 0.504. The standard InChI is InChI=1S/C25H31ClF3N3O3S/c1-4-36(34,35)23-8-7-21(26)11-20(23)13-30-24(33)18-5-6-19(22(12-18)25(27,28)29)16-32-10-9-17(15-32)14-31(2)3/h5-8,11-12,17H,4,9-10,13-16H2,1-3H3,(H,30,33). The average Bonchev–Trinajstić information content (AvgIpc) is 3.22. The first-order valence-corrected chi connectivity index (χ1v) is 13.7. The number of carbonyl (C=O) groups excluding carboxylic acids is 1. The third-order valence-electron chi connectivity index (χ3n) is 6.24. The first-order valence-electron chi connectivity index (χ1n) is 11.7. The predicted octanol–water partition coefficient (Wildman–Crippen LogP) is 4.47. The van der Waals surface area contributed by atoms with Gasteiger partial charge in [-0.05, 0) is 74.4 Å². The molecule has 1 amide bonds. The monoisotopic (exact) mass is 545 g/mol. The van der Waals surface area contributed by atoms with Gasteiger partial charge in [0.15, 0.2) is 9.84 Å². The van der Waals surface area contributed by atoms with Crippen LogP contribution in [-0.2, 0) is 29.1 Å². The van der Waals surface area contributed by atoms with Gasteiger partial charge in [-0.15, -0.1) is 0 Å². The van der Waals surface area contributed by atoms with Gasteiger partial charge in [0.05, 0.1) is 16.2 Å². The Balaban J connectivity index is 1.77. The normalized spacial score (nSPS) is 17.1. The van der Waals surface area contributed by atoms with Gasteiger partial charge >= 0.3 is 6.18 Å². The van der Waals surface area contributed by atoms with Gasteiger partial charge in [0, 0.05) is 36.8 Å². The third-order valence-corrected chi connectivity index (χ3v) is 8.31. The number of hydrogen-bond acceptors (Lipinski definition) is 5. The molecule has 1 aliphatic rings. The summed E-state index contributed by atoms with van der Waals surface area (Å²) in [6.45, 7) is 3.78. The number of amides is 1. The van der Waals surface area contributed by atoms with Crippen LogP contribution in [0.25, 0.3) is 0 Å². The molecule has 6 nitrogen and oxygen atoms in total. The predicted molar refractivity (Wildman–Crippen MR) is 134 cm³/mol. The van der Waals surface area contributed by atoms with Crippen molar-refractivity contribution < 1.29 is 26.4 Å². The number of halogens is 4.